The summed E-state index contributed by atoms with van der Waals surface area (Å²) < 4.78 is 0. The van der Waals surface area contributed by atoms with Gasteiger partial charge in [-0.3, -0.25) is 4.79 Å². The Morgan fingerprint density at radius 2 is 2.08 bits per heavy atom. The fourth-order valence-electron chi connectivity index (χ4n) is 0.677. The molecule has 0 aliphatic heterocycles. The zero-order valence-electron chi connectivity index (χ0n) is 6.54. The number of benzene rings is 1. The number of nitrogens with two attached hydrogens (primary N) is 1. The Morgan fingerprint density at radius 1 is 1.50 bits per heavy atom. The topological polar surface area (TPSA) is 43.1 Å². The molecule has 0 aliphatic rings. The third-order valence-corrected chi connectivity index (χ3v) is 1.88. The molecule has 0 amide bonds. The number of nitrogen functional groups attached to an aromatic ring is 1. The van der Waals surface area contributed by atoms with Gasteiger partial charge in [0.25, 0.3) is 5.24 Å². The quantitative estimate of drug-likeness (QED) is 0.269. The molecule has 0 radical (unpaired) electrons. The van der Waals surface area contributed by atoms with E-state index in [1.807, 2.05) is 0 Å². The third kappa shape index (κ3) is 2.99. The minimum absolute atomic E-state index is 0. The van der Waals surface area contributed by atoms with Crippen LogP contribution in [0.4, 0.5) is 5.69 Å². The second-order valence-electron chi connectivity index (χ2n) is 2.05. The molecule has 0 atom stereocenters. The number of hydrogen-bond donors (Lipinski definition) is 2. The van der Waals surface area contributed by atoms with Crippen LogP contribution in [0.25, 0.3) is 0 Å². The number of carbonyl (C=O) groups excluding carboxylic acids is 1. The van der Waals surface area contributed by atoms with Crippen LogP contribution < -0.4 is 35.3 Å². The number of hydrogen-bond acceptors (Lipinski definition) is 3. The fourth-order valence-corrected chi connectivity index (χ4v) is 0.933. The van der Waals surface area contributed by atoms with Gasteiger partial charge in [-0.2, -0.15) is 0 Å². The van der Waals surface area contributed by atoms with Crippen molar-refractivity contribution >= 4 is 35.2 Å². The molecule has 0 bridgehead atoms. The van der Waals surface area contributed by atoms with Gasteiger partial charge in [-0.1, -0.05) is 0 Å². The van der Waals surface area contributed by atoms with E-state index in [4.69, 9.17) is 17.3 Å². The van der Waals surface area contributed by atoms with Gasteiger partial charge in [-0.05, 0) is 29.8 Å². The molecule has 0 heterocycles. The molecular weight excluding hydrogens is 205 g/mol. The van der Waals surface area contributed by atoms with Crippen LogP contribution in [-0.4, -0.2) is 5.24 Å². The van der Waals surface area contributed by atoms with Crippen LogP contribution in [0, 0.1) is 0 Å². The molecule has 12 heavy (non-hydrogen) atoms. The summed E-state index contributed by atoms with van der Waals surface area (Å²) in [5.41, 5.74) is 6.32. The molecule has 0 spiro atoms. The maximum Gasteiger partial charge on any atom is 1.00 e. The van der Waals surface area contributed by atoms with Crippen molar-refractivity contribution < 1.29 is 34.4 Å². The monoisotopic (exact) mass is 210 g/mol. The SMILES string of the molecule is Nc1cc(C(=O)Cl)ccc1S.[Na+]. The second-order valence-corrected chi connectivity index (χ2v) is 2.87. The van der Waals surface area contributed by atoms with Gasteiger partial charge in [0.15, 0.2) is 0 Å². The zero-order valence-corrected chi connectivity index (χ0v) is 10.2. The van der Waals surface area contributed by atoms with Crippen molar-refractivity contribution in [1.29, 1.82) is 0 Å². The van der Waals surface area contributed by atoms with Gasteiger partial charge in [0.1, 0.15) is 0 Å². The summed E-state index contributed by atoms with van der Waals surface area (Å²) in [5, 5.41) is -0.509. The Balaban J connectivity index is 0.00000121. The van der Waals surface area contributed by atoms with E-state index in [1.165, 1.54) is 6.07 Å². The molecule has 1 aromatic rings. The molecule has 5 heteroatoms. The summed E-state index contributed by atoms with van der Waals surface area (Å²) in [6.45, 7) is 0. The Hall–Kier alpha value is 0.330. The molecule has 1 aromatic carbocycles. The molecule has 0 aromatic heterocycles. The number of halogens is 1. The minimum atomic E-state index is -0.509. The van der Waals surface area contributed by atoms with Crippen molar-refractivity contribution in [3.63, 3.8) is 0 Å². The van der Waals surface area contributed by atoms with Crippen molar-refractivity contribution in [3.05, 3.63) is 23.8 Å². The average molecular weight is 211 g/mol. The normalized spacial score (nSPS) is 8.83. The predicted molar refractivity (Wildman–Crippen MR) is 48.3 cm³/mol. The predicted octanol–water partition coefficient (Wildman–Crippen LogP) is -1.06. The van der Waals surface area contributed by atoms with Gasteiger partial charge < -0.3 is 5.73 Å². The molecule has 2 N–H and O–H groups in total. The summed E-state index contributed by atoms with van der Waals surface area (Å²) in [6.07, 6.45) is 0. The van der Waals surface area contributed by atoms with Crippen LogP contribution in [0.1, 0.15) is 10.4 Å². The van der Waals surface area contributed by atoms with E-state index >= 15 is 0 Å². The zero-order chi connectivity index (χ0) is 8.43. The van der Waals surface area contributed by atoms with Gasteiger partial charge >= 0.3 is 29.6 Å². The summed E-state index contributed by atoms with van der Waals surface area (Å²) in [7, 11) is 0. The standard InChI is InChI=1S/C7H6ClNOS.Na/c8-7(10)4-1-2-6(11)5(9)3-4;/h1-3,11H,9H2;/q;+1. The smallest absolute Gasteiger partial charge is 0.398 e. The summed E-state index contributed by atoms with van der Waals surface area (Å²) in [5.74, 6) is 0. The van der Waals surface area contributed by atoms with Crippen LogP contribution in [0.5, 0.6) is 0 Å². The molecule has 58 valence electrons. The van der Waals surface area contributed by atoms with Crippen LogP contribution in [-0.2, 0) is 0 Å². The van der Waals surface area contributed by atoms with Crippen molar-refractivity contribution in [1.82, 2.24) is 0 Å². The van der Waals surface area contributed by atoms with E-state index in [0.29, 0.717) is 16.1 Å². The minimum Gasteiger partial charge on any atom is -0.398 e. The van der Waals surface area contributed by atoms with Crippen LogP contribution in [0.15, 0.2) is 23.1 Å². The molecule has 1 rings (SSSR count). The molecular formula is C7H6ClNNaOS+. The summed E-state index contributed by atoms with van der Waals surface area (Å²) >= 11 is 9.24. The maximum atomic E-state index is 10.6. The first-order chi connectivity index (χ1) is 5.11. The van der Waals surface area contributed by atoms with E-state index in [2.05, 4.69) is 12.6 Å². The molecule has 0 fully saturated rings. The van der Waals surface area contributed by atoms with E-state index in [-0.39, 0.29) is 29.6 Å². The largest absolute Gasteiger partial charge is 1.00 e. The molecule has 2 nitrogen and oxygen atoms in total. The van der Waals surface area contributed by atoms with Crippen LogP contribution >= 0.6 is 24.2 Å². The van der Waals surface area contributed by atoms with E-state index in [1.54, 1.807) is 12.1 Å². The van der Waals surface area contributed by atoms with Gasteiger partial charge in [-0.25, -0.2) is 0 Å². The number of thiol groups is 1. The first kappa shape index (κ1) is 12.3. The Labute approximate surface area is 103 Å². The van der Waals surface area contributed by atoms with Crippen molar-refractivity contribution in [2.45, 2.75) is 4.90 Å². The summed E-state index contributed by atoms with van der Waals surface area (Å²) in [6, 6.07) is 4.71. The van der Waals surface area contributed by atoms with Gasteiger partial charge in [0.2, 0.25) is 0 Å². The molecule has 0 aliphatic carbocycles. The molecule has 0 saturated heterocycles. The Kier molecular flexibility index (Phi) is 5.29. The van der Waals surface area contributed by atoms with Crippen molar-refractivity contribution in [2.75, 3.05) is 5.73 Å². The van der Waals surface area contributed by atoms with E-state index in [9.17, 15) is 4.79 Å². The van der Waals surface area contributed by atoms with E-state index in [0.717, 1.165) is 0 Å². The molecule has 0 saturated carbocycles. The molecule has 0 unspecified atom stereocenters. The Bertz CT molecular complexity index is 305. The first-order valence-corrected chi connectivity index (χ1v) is 3.72. The van der Waals surface area contributed by atoms with Gasteiger partial charge in [0.05, 0.1) is 0 Å². The van der Waals surface area contributed by atoms with E-state index < -0.39 is 5.24 Å². The third-order valence-electron chi connectivity index (χ3n) is 1.25. The van der Waals surface area contributed by atoms with Crippen molar-refractivity contribution in [3.8, 4) is 0 Å². The number of anilines is 1. The van der Waals surface area contributed by atoms with Crippen molar-refractivity contribution in [2.24, 2.45) is 0 Å². The fraction of sp³-hybridized carbons (Fsp3) is 0. The maximum absolute atomic E-state index is 10.6. The second kappa shape index (κ2) is 5.14. The first-order valence-electron chi connectivity index (χ1n) is 2.89. The van der Waals surface area contributed by atoms with Crippen LogP contribution in [0.3, 0.4) is 0 Å². The Morgan fingerprint density at radius 3 is 2.50 bits per heavy atom. The van der Waals surface area contributed by atoms with Gasteiger partial charge in [0, 0.05) is 16.1 Å². The number of carbonyl (C=O) groups is 1. The van der Waals surface area contributed by atoms with Crippen LogP contribution in [0.2, 0.25) is 0 Å². The average Bonchev–Trinajstić information content (AvgIpc) is 1.94. The number of rotatable bonds is 1. The summed E-state index contributed by atoms with van der Waals surface area (Å²) in [4.78, 5) is 11.2. The van der Waals surface area contributed by atoms with Gasteiger partial charge in [-0.15, -0.1) is 12.6 Å².